The Morgan fingerprint density at radius 1 is 1.47 bits per heavy atom. The first-order valence-electron chi connectivity index (χ1n) is 6.14. The fraction of sp³-hybridized carbons (Fsp3) is 0.500. The molecule has 3 nitrogen and oxygen atoms in total. The topological polar surface area (TPSA) is 28.2 Å². The molecular weight excluding hydrogens is 210 g/mol. The number of hydrogen-bond donors (Lipinski definition) is 1. The predicted octanol–water partition coefficient (Wildman–Crippen LogP) is 2.20. The number of aromatic nitrogens is 1. The van der Waals surface area contributed by atoms with Crippen LogP contribution in [0, 0.1) is 0 Å². The van der Waals surface area contributed by atoms with Gasteiger partial charge < -0.3 is 10.2 Å². The maximum atomic E-state index is 4.46. The maximum absolute atomic E-state index is 4.46. The van der Waals surface area contributed by atoms with Crippen LogP contribution >= 0.6 is 0 Å². The molecule has 0 aliphatic rings. The van der Waals surface area contributed by atoms with E-state index in [2.05, 4.69) is 41.0 Å². The molecule has 1 aromatic rings. The van der Waals surface area contributed by atoms with Gasteiger partial charge in [0.1, 0.15) is 0 Å². The molecule has 0 bridgehead atoms. The summed E-state index contributed by atoms with van der Waals surface area (Å²) in [4.78, 5) is 6.76. The van der Waals surface area contributed by atoms with Crippen LogP contribution in [0.1, 0.15) is 24.1 Å². The molecule has 0 saturated heterocycles. The van der Waals surface area contributed by atoms with Crippen LogP contribution in [0.4, 0.5) is 0 Å². The van der Waals surface area contributed by atoms with E-state index in [9.17, 15) is 0 Å². The number of unbranched alkanes of at least 4 members (excludes halogenated alkanes) is 1. The van der Waals surface area contributed by atoms with E-state index in [1.165, 1.54) is 5.56 Å². The molecule has 0 radical (unpaired) electrons. The molecule has 0 aliphatic carbocycles. The van der Waals surface area contributed by atoms with Gasteiger partial charge in [-0.25, -0.2) is 0 Å². The van der Waals surface area contributed by atoms with Gasteiger partial charge in [0.25, 0.3) is 0 Å². The first-order chi connectivity index (χ1) is 8.26. The Balaban J connectivity index is 2.37. The van der Waals surface area contributed by atoms with Crippen LogP contribution in [0.15, 0.2) is 31.0 Å². The van der Waals surface area contributed by atoms with Crippen molar-refractivity contribution in [2.24, 2.45) is 0 Å². The average Bonchev–Trinajstić information content (AvgIpc) is 2.32. The van der Waals surface area contributed by atoms with E-state index < -0.39 is 0 Å². The predicted molar refractivity (Wildman–Crippen MR) is 72.8 cm³/mol. The number of nitrogens with one attached hydrogen (secondary N) is 1. The van der Waals surface area contributed by atoms with Gasteiger partial charge >= 0.3 is 0 Å². The van der Waals surface area contributed by atoms with Crippen LogP contribution in [0.2, 0.25) is 0 Å². The third kappa shape index (κ3) is 5.61. The molecule has 0 aromatic carbocycles. The maximum Gasteiger partial charge on any atom is 0.0544 e. The van der Waals surface area contributed by atoms with E-state index >= 15 is 0 Å². The molecule has 1 aromatic heterocycles. The molecular formula is C14H23N3. The second-order valence-electron chi connectivity index (χ2n) is 4.36. The summed E-state index contributed by atoms with van der Waals surface area (Å²) in [6.07, 6.45) is 6.17. The van der Waals surface area contributed by atoms with Crippen LogP contribution in [0.25, 0.3) is 0 Å². The van der Waals surface area contributed by atoms with Crippen molar-refractivity contribution < 1.29 is 0 Å². The van der Waals surface area contributed by atoms with Gasteiger partial charge in [0.2, 0.25) is 0 Å². The molecule has 1 heterocycles. The quantitative estimate of drug-likeness (QED) is 0.551. The van der Waals surface area contributed by atoms with E-state index in [0.717, 1.165) is 38.2 Å². The third-order valence-corrected chi connectivity index (χ3v) is 2.65. The van der Waals surface area contributed by atoms with E-state index in [1.807, 2.05) is 19.3 Å². The minimum atomic E-state index is 0.877. The Bertz CT molecular complexity index is 319. The Labute approximate surface area is 105 Å². The van der Waals surface area contributed by atoms with Gasteiger partial charge in [0, 0.05) is 19.3 Å². The highest BCUT2D eigenvalue weighted by molar-refractivity contribution is 5.13. The molecule has 0 aliphatic heterocycles. The number of hydrogen-bond acceptors (Lipinski definition) is 3. The highest BCUT2D eigenvalue weighted by atomic mass is 15.1. The summed E-state index contributed by atoms with van der Waals surface area (Å²) in [5, 5.41) is 3.12. The summed E-state index contributed by atoms with van der Waals surface area (Å²) in [7, 11) is 4.08. The smallest absolute Gasteiger partial charge is 0.0544 e. The van der Waals surface area contributed by atoms with E-state index in [4.69, 9.17) is 0 Å². The van der Waals surface area contributed by atoms with Crippen molar-refractivity contribution in [3.05, 3.63) is 42.2 Å². The van der Waals surface area contributed by atoms with Crippen molar-refractivity contribution in [2.75, 3.05) is 20.6 Å². The summed E-state index contributed by atoms with van der Waals surface area (Å²) in [6, 6.07) is 4.24. The highest BCUT2D eigenvalue weighted by Crippen LogP contribution is 2.04. The van der Waals surface area contributed by atoms with Gasteiger partial charge in [0.05, 0.1) is 5.69 Å². The first-order valence-corrected chi connectivity index (χ1v) is 6.14. The normalized spacial score (nSPS) is 10.8. The summed E-state index contributed by atoms with van der Waals surface area (Å²) < 4.78 is 0. The van der Waals surface area contributed by atoms with E-state index in [1.54, 1.807) is 0 Å². The first kappa shape index (κ1) is 13.9. The van der Waals surface area contributed by atoms with Gasteiger partial charge in [-0.05, 0) is 45.1 Å². The van der Waals surface area contributed by atoms with Crippen molar-refractivity contribution in [2.45, 2.75) is 25.9 Å². The average molecular weight is 233 g/mol. The highest BCUT2D eigenvalue weighted by Gasteiger charge is 2.01. The number of allylic oxidation sites excluding steroid dienone is 1. The second-order valence-corrected chi connectivity index (χ2v) is 4.36. The van der Waals surface area contributed by atoms with Crippen molar-refractivity contribution in [1.82, 2.24) is 15.2 Å². The van der Waals surface area contributed by atoms with Crippen molar-refractivity contribution >= 4 is 0 Å². The fourth-order valence-electron chi connectivity index (χ4n) is 1.72. The Morgan fingerprint density at radius 3 is 2.88 bits per heavy atom. The Kier molecular flexibility index (Phi) is 6.51. The number of nitrogens with zero attached hydrogens (tertiary/aromatic N) is 2. The molecule has 3 heteroatoms. The number of pyridine rings is 1. The SMILES string of the molecule is C=CCCCN(C)Cc1ccc(CNC)cn1. The molecule has 0 fully saturated rings. The summed E-state index contributed by atoms with van der Waals surface area (Å²) in [5.41, 5.74) is 2.36. The Hall–Kier alpha value is -1.19. The van der Waals surface area contributed by atoms with Crippen LogP contribution in [0.3, 0.4) is 0 Å². The molecule has 1 N–H and O–H groups in total. The molecule has 0 saturated carbocycles. The lowest BCUT2D eigenvalue weighted by Gasteiger charge is -2.15. The van der Waals surface area contributed by atoms with Crippen LogP contribution in [-0.2, 0) is 13.1 Å². The molecule has 0 unspecified atom stereocenters. The second kappa shape index (κ2) is 7.98. The lowest BCUT2D eigenvalue weighted by Crippen LogP contribution is -2.19. The third-order valence-electron chi connectivity index (χ3n) is 2.65. The zero-order valence-corrected chi connectivity index (χ0v) is 10.9. The molecule has 17 heavy (non-hydrogen) atoms. The van der Waals surface area contributed by atoms with Gasteiger partial charge in [-0.3, -0.25) is 4.98 Å². The van der Waals surface area contributed by atoms with Crippen molar-refractivity contribution in [3.63, 3.8) is 0 Å². The van der Waals surface area contributed by atoms with Gasteiger partial charge in [-0.15, -0.1) is 6.58 Å². The lowest BCUT2D eigenvalue weighted by molar-refractivity contribution is 0.319. The molecule has 94 valence electrons. The van der Waals surface area contributed by atoms with E-state index in [0.29, 0.717) is 0 Å². The van der Waals surface area contributed by atoms with Crippen LogP contribution in [0.5, 0.6) is 0 Å². The van der Waals surface area contributed by atoms with E-state index in [-0.39, 0.29) is 0 Å². The summed E-state index contributed by atoms with van der Waals surface area (Å²) in [5.74, 6) is 0. The fourth-order valence-corrected chi connectivity index (χ4v) is 1.72. The van der Waals surface area contributed by atoms with Crippen LogP contribution < -0.4 is 5.32 Å². The largest absolute Gasteiger partial charge is 0.316 e. The summed E-state index contributed by atoms with van der Waals surface area (Å²) >= 11 is 0. The van der Waals surface area contributed by atoms with Crippen molar-refractivity contribution in [3.8, 4) is 0 Å². The molecule has 0 atom stereocenters. The molecule has 0 spiro atoms. The van der Waals surface area contributed by atoms with Crippen LogP contribution in [-0.4, -0.2) is 30.5 Å². The summed E-state index contributed by atoms with van der Waals surface area (Å²) in [6.45, 7) is 6.61. The Morgan fingerprint density at radius 2 is 2.29 bits per heavy atom. The zero-order chi connectivity index (χ0) is 12.5. The van der Waals surface area contributed by atoms with Gasteiger partial charge in [0.15, 0.2) is 0 Å². The lowest BCUT2D eigenvalue weighted by atomic mass is 10.2. The standard InChI is InChI=1S/C14H23N3/c1-4-5-6-9-17(3)12-14-8-7-13(10-15-2)11-16-14/h4,7-8,11,15H,1,5-6,9-10,12H2,2-3H3. The number of rotatable bonds is 8. The van der Waals surface area contributed by atoms with Crippen molar-refractivity contribution in [1.29, 1.82) is 0 Å². The van der Waals surface area contributed by atoms with Gasteiger partial charge in [-0.2, -0.15) is 0 Å². The minimum Gasteiger partial charge on any atom is -0.316 e. The van der Waals surface area contributed by atoms with Gasteiger partial charge in [-0.1, -0.05) is 12.1 Å². The minimum absolute atomic E-state index is 0.877. The molecule has 1 rings (SSSR count). The zero-order valence-electron chi connectivity index (χ0n) is 10.9. The molecule has 0 amide bonds. The monoisotopic (exact) mass is 233 g/mol.